The standard InChI is InChI=1S/C21H25N3O3/c1-2-27-19-12-11-16-9-5-6-10-17(16)18(19)15-22-23-20(25)21(26)24-13-7-3-4-8-14-24/h5-6,9-12,15H,2-4,7-8,13-14H2,1H3,(H,23,25). The van der Waals surface area contributed by atoms with Crippen LogP contribution in [-0.4, -0.2) is 42.6 Å². The molecule has 1 N–H and O–H groups in total. The van der Waals surface area contributed by atoms with Crippen molar-refractivity contribution in [2.24, 2.45) is 5.10 Å². The monoisotopic (exact) mass is 367 g/mol. The second kappa shape index (κ2) is 9.16. The minimum atomic E-state index is -0.702. The van der Waals surface area contributed by atoms with Gasteiger partial charge in [0.25, 0.3) is 0 Å². The predicted molar refractivity (Wildman–Crippen MR) is 106 cm³/mol. The highest BCUT2D eigenvalue weighted by molar-refractivity contribution is 6.35. The maximum Gasteiger partial charge on any atom is 0.329 e. The summed E-state index contributed by atoms with van der Waals surface area (Å²) in [6.45, 7) is 3.71. The summed E-state index contributed by atoms with van der Waals surface area (Å²) in [4.78, 5) is 26.1. The number of nitrogens with zero attached hydrogens (tertiary/aromatic N) is 2. The molecule has 1 aliphatic heterocycles. The van der Waals surface area contributed by atoms with Crippen molar-refractivity contribution < 1.29 is 14.3 Å². The normalized spacial score (nSPS) is 14.9. The molecule has 3 rings (SSSR count). The van der Waals surface area contributed by atoms with E-state index in [2.05, 4.69) is 10.5 Å². The van der Waals surface area contributed by atoms with Gasteiger partial charge in [-0.1, -0.05) is 43.2 Å². The maximum absolute atomic E-state index is 12.3. The third-order valence-electron chi connectivity index (χ3n) is 4.68. The van der Waals surface area contributed by atoms with Crippen LogP contribution in [0.1, 0.15) is 38.2 Å². The highest BCUT2D eigenvalue weighted by atomic mass is 16.5. The molecule has 2 aromatic rings. The lowest BCUT2D eigenvalue weighted by molar-refractivity contribution is -0.145. The van der Waals surface area contributed by atoms with Crippen LogP contribution in [-0.2, 0) is 9.59 Å². The fourth-order valence-corrected chi connectivity index (χ4v) is 3.31. The fraction of sp³-hybridized carbons (Fsp3) is 0.381. The zero-order chi connectivity index (χ0) is 19.1. The molecule has 0 radical (unpaired) electrons. The van der Waals surface area contributed by atoms with Gasteiger partial charge in [-0.15, -0.1) is 0 Å². The van der Waals surface area contributed by atoms with Crippen LogP contribution in [0.3, 0.4) is 0 Å². The van der Waals surface area contributed by atoms with E-state index in [1.54, 1.807) is 11.1 Å². The zero-order valence-corrected chi connectivity index (χ0v) is 15.6. The smallest absolute Gasteiger partial charge is 0.329 e. The first-order chi connectivity index (χ1) is 13.2. The third-order valence-corrected chi connectivity index (χ3v) is 4.68. The number of amides is 2. The minimum absolute atomic E-state index is 0.517. The molecular formula is C21H25N3O3. The van der Waals surface area contributed by atoms with Crippen molar-refractivity contribution in [2.45, 2.75) is 32.6 Å². The van der Waals surface area contributed by atoms with Gasteiger partial charge in [0, 0.05) is 18.7 Å². The molecule has 1 saturated heterocycles. The van der Waals surface area contributed by atoms with Gasteiger partial charge >= 0.3 is 11.8 Å². The molecule has 6 nitrogen and oxygen atoms in total. The second-order valence-electron chi connectivity index (χ2n) is 6.54. The number of likely N-dealkylation sites (tertiary alicyclic amines) is 1. The molecule has 6 heteroatoms. The van der Waals surface area contributed by atoms with Gasteiger partial charge in [0.1, 0.15) is 5.75 Å². The Kier molecular flexibility index (Phi) is 6.41. The summed E-state index contributed by atoms with van der Waals surface area (Å²) in [5.41, 5.74) is 3.14. The van der Waals surface area contributed by atoms with E-state index in [0.29, 0.717) is 25.4 Å². The minimum Gasteiger partial charge on any atom is -0.493 e. The Morgan fingerprint density at radius 1 is 1.11 bits per heavy atom. The number of hydrogen-bond donors (Lipinski definition) is 1. The van der Waals surface area contributed by atoms with Gasteiger partial charge < -0.3 is 9.64 Å². The Bertz CT molecular complexity index is 840. The van der Waals surface area contributed by atoms with Crippen molar-refractivity contribution >= 4 is 28.8 Å². The molecule has 0 unspecified atom stereocenters. The number of hydrazone groups is 1. The van der Waals surface area contributed by atoms with E-state index < -0.39 is 11.8 Å². The lowest BCUT2D eigenvalue weighted by Crippen LogP contribution is -2.41. The lowest BCUT2D eigenvalue weighted by atomic mass is 10.0. The molecule has 0 aliphatic carbocycles. The third kappa shape index (κ3) is 4.64. The van der Waals surface area contributed by atoms with E-state index in [4.69, 9.17) is 4.74 Å². The topological polar surface area (TPSA) is 71.0 Å². The zero-order valence-electron chi connectivity index (χ0n) is 15.6. The summed E-state index contributed by atoms with van der Waals surface area (Å²) in [5, 5.41) is 6.04. The highest BCUT2D eigenvalue weighted by Crippen LogP contribution is 2.26. The molecule has 27 heavy (non-hydrogen) atoms. The van der Waals surface area contributed by atoms with Crippen LogP contribution in [0, 0.1) is 0 Å². The average Bonchev–Trinajstić information content (AvgIpc) is 2.98. The van der Waals surface area contributed by atoms with Gasteiger partial charge in [0.05, 0.1) is 12.8 Å². The number of hydrogen-bond acceptors (Lipinski definition) is 4. The van der Waals surface area contributed by atoms with Crippen LogP contribution in [0.15, 0.2) is 41.5 Å². The molecule has 1 heterocycles. The average molecular weight is 367 g/mol. The molecule has 1 aliphatic rings. The van der Waals surface area contributed by atoms with Gasteiger partial charge in [-0.3, -0.25) is 9.59 Å². The van der Waals surface area contributed by atoms with Gasteiger partial charge in [0.2, 0.25) is 0 Å². The lowest BCUT2D eigenvalue weighted by Gasteiger charge is -2.18. The van der Waals surface area contributed by atoms with Crippen molar-refractivity contribution in [1.29, 1.82) is 0 Å². The Labute approximate surface area is 159 Å². The van der Waals surface area contributed by atoms with Crippen molar-refractivity contribution in [3.63, 3.8) is 0 Å². The van der Waals surface area contributed by atoms with E-state index >= 15 is 0 Å². The quantitative estimate of drug-likeness (QED) is 0.513. The largest absolute Gasteiger partial charge is 0.493 e. The molecule has 0 aromatic heterocycles. The number of rotatable bonds is 4. The van der Waals surface area contributed by atoms with Crippen LogP contribution in [0.25, 0.3) is 10.8 Å². The Balaban J connectivity index is 1.74. The first-order valence-corrected chi connectivity index (χ1v) is 9.47. The van der Waals surface area contributed by atoms with Crippen LogP contribution in [0.2, 0.25) is 0 Å². The number of benzene rings is 2. The van der Waals surface area contributed by atoms with Crippen molar-refractivity contribution in [1.82, 2.24) is 10.3 Å². The molecule has 142 valence electrons. The maximum atomic E-state index is 12.3. The van der Waals surface area contributed by atoms with Gasteiger partial charge in [-0.2, -0.15) is 5.10 Å². The predicted octanol–water partition coefficient (Wildman–Crippen LogP) is 3.09. The second-order valence-corrected chi connectivity index (χ2v) is 6.54. The summed E-state index contributed by atoms with van der Waals surface area (Å²) < 4.78 is 5.68. The number of carbonyl (C=O) groups excluding carboxylic acids is 2. The summed E-state index contributed by atoms with van der Waals surface area (Å²) in [5.74, 6) is -0.531. The summed E-state index contributed by atoms with van der Waals surface area (Å²) >= 11 is 0. The van der Waals surface area contributed by atoms with Crippen molar-refractivity contribution in [3.05, 3.63) is 42.0 Å². The number of carbonyl (C=O) groups is 2. The van der Waals surface area contributed by atoms with Crippen molar-refractivity contribution in [3.8, 4) is 5.75 Å². The molecule has 0 spiro atoms. The van der Waals surface area contributed by atoms with Gasteiger partial charge in [-0.25, -0.2) is 5.43 Å². The van der Waals surface area contributed by atoms with Crippen LogP contribution < -0.4 is 10.2 Å². The highest BCUT2D eigenvalue weighted by Gasteiger charge is 2.22. The van der Waals surface area contributed by atoms with E-state index in [-0.39, 0.29) is 0 Å². The molecular weight excluding hydrogens is 342 g/mol. The molecule has 2 amide bonds. The number of ether oxygens (including phenoxy) is 1. The Hall–Kier alpha value is -2.89. The number of nitrogens with one attached hydrogen (secondary N) is 1. The molecule has 1 fully saturated rings. The fourth-order valence-electron chi connectivity index (χ4n) is 3.31. The van der Waals surface area contributed by atoms with E-state index in [0.717, 1.165) is 42.0 Å². The van der Waals surface area contributed by atoms with Crippen molar-refractivity contribution in [2.75, 3.05) is 19.7 Å². The molecule has 0 bridgehead atoms. The summed E-state index contributed by atoms with van der Waals surface area (Å²) in [6.07, 6.45) is 5.63. The van der Waals surface area contributed by atoms with Crippen LogP contribution in [0.5, 0.6) is 5.75 Å². The van der Waals surface area contributed by atoms with Crippen LogP contribution >= 0.6 is 0 Å². The van der Waals surface area contributed by atoms with Gasteiger partial charge in [-0.05, 0) is 36.6 Å². The molecule has 0 atom stereocenters. The Morgan fingerprint density at radius 2 is 1.85 bits per heavy atom. The SMILES string of the molecule is CCOc1ccc2ccccc2c1C=NNC(=O)C(=O)N1CCCCCC1. The molecule has 0 saturated carbocycles. The van der Waals surface area contributed by atoms with E-state index in [1.807, 2.05) is 43.3 Å². The number of fused-ring (bicyclic) bond motifs is 1. The van der Waals surface area contributed by atoms with E-state index in [9.17, 15) is 9.59 Å². The Morgan fingerprint density at radius 3 is 2.59 bits per heavy atom. The molecule has 2 aromatic carbocycles. The van der Waals surface area contributed by atoms with Crippen LogP contribution in [0.4, 0.5) is 0 Å². The van der Waals surface area contributed by atoms with Gasteiger partial charge in [0.15, 0.2) is 0 Å². The van der Waals surface area contributed by atoms with E-state index in [1.165, 1.54) is 0 Å². The summed E-state index contributed by atoms with van der Waals surface area (Å²) in [6, 6.07) is 11.8. The summed E-state index contributed by atoms with van der Waals surface area (Å²) in [7, 11) is 0. The first kappa shape index (κ1) is 18.9. The first-order valence-electron chi connectivity index (χ1n) is 9.47.